The van der Waals surface area contributed by atoms with E-state index < -0.39 is 21.8 Å². The zero-order valence-electron chi connectivity index (χ0n) is 18.0. The van der Waals surface area contributed by atoms with E-state index in [1.165, 1.54) is 23.1 Å². The van der Waals surface area contributed by atoms with Crippen molar-refractivity contribution in [1.82, 2.24) is 5.32 Å². The summed E-state index contributed by atoms with van der Waals surface area (Å²) >= 11 is 5.32. The third kappa shape index (κ3) is 4.26. The Bertz CT molecular complexity index is 1650. The number of anilines is 1. The third-order valence-electron chi connectivity index (χ3n) is 5.49. The van der Waals surface area contributed by atoms with Crippen molar-refractivity contribution in [3.8, 4) is 11.3 Å². The van der Waals surface area contributed by atoms with Crippen LogP contribution in [0.4, 0.5) is 5.69 Å². The fourth-order valence-corrected chi connectivity index (χ4v) is 4.61. The molecule has 1 aromatic heterocycles. The zero-order chi connectivity index (χ0) is 24.7. The molecule has 1 aliphatic rings. The number of primary sulfonamides is 1. The van der Waals surface area contributed by atoms with Gasteiger partial charge in [-0.05, 0) is 66.1 Å². The maximum atomic E-state index is 13.4. The van der Waals surface area contributed by atoms with E-state index in [2.05, 4.69) is 5.32 Å². The standard InChI is InChI=1S/C25H17N3O5S2/c26-35(31,32)18-11-8-16(9-12-18)22-13-10-17(33-22)14-20-23(29)27-25(34)28(24(20)30)21-7-3-5-15-4-1-2-6-19(15)21/h1-14H,(H2,26,31,32)(H,27,29,34)/b20-14+. The van der Waals surface area contributed by atoms with Crippen LogP contribution in [0.15, 0.2) is 93.7 Å². The number of benzene rings is 3. The molecule has 2 amide bonds. The highest BCUT2D eigenvalue weighted by Gasteiger charge is 2.35. The largest absolute Gasteiger partial charge is 0.457 e. The number of rotatable bonds is 4. The topological polar surface area (TPSA) is 123 Å². The second-order valence-corrected chi connectivity index (χ2v) is 9.68. The molecule has 35 heavy (non-hydrogen) atoms. The van der Waals surface area contributed by atoms with Crippen molar-refractivity contribution in [3.05, 3.63) is 90.2 Å². The minimum absolute atomic E-state index is 0.0106. The molecule has 3 aromatic carbocycles. The van der Waals surface area contributed by atoms with Gasteiger partial charge in [0, 0.05) is 10.9 Å². The van der Waals surface area contributed by atoms with Gasteiger partial charge in [0.05, 0.1) is 10.6 Å². The fraction of sp³-hybridized carbons (Fsp3) is 0. The molecule has 3 N–H and O–H groups in total. The minimum atomic E-state index is -3.81. The van der Waals surface area contributed by atoms with Crippen molar-refractivity contribution in [2.75, 3.05) is 4.90 Å². The average Bonchev–Trinajstić information content (AvgIpc) is 3.30. The number of thiocarbonyl (C=S) groups is 1. The molecule has 0 aliphatic carbocycles. The third-order valence-corrected chi connectivity index (χ3v) is 6.70. The molecule has 2 heterocycles. The molecule has 1 fully saturated rings. The summed E-state index contributed by atoms with van der Waals surface area (Å²) in [5, 5.41) is 9.42. The lowest BCUT2D eigenvalue weighted by Gasteiger charge is -2.29. The lowest BCUT2D eigenvalue weighted by atomic mass is 10.1. The van der Waals surface area contributed by atoms with Gasteiger partial charge in [-0.25, -0.2) is 13.6 Å². The highest BCUT2D eigenvalue weighted by atomic mass is 32.2. The highest BCUT2D eigenvalue weighted by Crippen LogP contribution is 2.30. The number of nitrogens with two attached hydrogens (primary N) is 1. The Hall–Kier alpha value is -4.12. The first kappa shape index (κ1) is 22.7. The number of sulfonamides is 1. The molecule has 0 saturated carbocycles. The number of amides is 2. The van der Waals surface area contributed by atoms with Gasteiger partial charge < -0.3 is 4.42 Å². The maximum Gasteiger partial charge on any atom is 0.270 e. The van der Waals surface area contributed by atoms with E-state index in [0.29, 0.717) is 17.0 Å². The Balaban J connectivity index is 1.49. The summed E-state index contributed by atoms with van der Waals surface area (Å²) in [7, 11) is -3.81. The Morgan fingerprint density at radius 3 is 2.37 bits per heavy atom. The first-order valence-electron chi connectivity index (χ1n) is 10.3. The Morgan fingerprint density at radius 2 is 1.63 bits per heavy atom. The van der Waals surface area contributed by atoms with Gasteiger partial charge in [0.15, 0.2) is 5.11 Å². The number of carbonyl (C=O) groups is 2. The Kier molecular flexibility index (Phi) is 5.56. The number of hydrogen-bond acceptors (Lipinski definition) is 6. The van der Waals surface area contributed by atoms with Gasteiger partial charge in [0.1, 0.15) is 17.1 Å². The predicted octanol–water partition coefficient (Wildman–Crippen LogP) is 3.58. The van der Waals surface area contributed by atoms with Crippen LogP contribution in [-0.4, -0.2) is 25.3 Å². The average molecular weight is 504 g/mol. The van der Waals surface area contributed by atoms with Crippen LogP contribution in [0.1, 0.15) is 5.76 Å². The van der Waals surface area contributed by atoms with Crippen molar-refractivity contribution in [3.63, 3.8) is 0 Å². The monoisotopic (exact) mass is 503 g/mol. The molecule has 0 bridgehead atoms. The number of nitrogens with one attached hydrogen (secondary N) is 1. The van der Waals surface area contributed by atoms with E-state index in [-0.39, 0.29) is 21.3 Å². The molecule has 4 aromatic rings. The SMILES string of the molecule is NS(=O)(=O)c1ccc(-c2ccc(/C=C3\C(=O)NC(=S)N(c4cccc5ccccc45)C3=O)o2)cc1. The van der Waals surface area contributed by atoms with Crippen molar-refractivity contribution in [2.45, 2.75) is 4.90 Å². The number of carbonyl (C=O) groups excluding carboxylic acids is 2. The molecule has 0 unspecified atom stereocenters. The molecular weight excluding hydrogens is 486 g/mol. The summed E-state index contributed by atoms with van der Waals surface area (Å²) < 4.78 is 28.7. The molecule has 0 atom stereocenters. The van der Waals surface area contributed by atoms with Crippen LogP contribution in [-0.2, 0) is 19.6 Å². The molecule has 174 valence electrons. The quantitative estimate of drug-likeness (QED) is 0.249. The van der Waals surface area contributed by atoms with E-state index in [4.69, 9.17) is 21.8 Å². The van der Waals surface area contributed by atoms with Crippen molar-refractivity contribution < 1.29 is 22.4 Å². The molecule has 1 aliphatic heterocycles. The molecule has 10 heteroatoms. The summed E-state index contributed by atoms with van der Waals surface area (Å²) in [5.41, 5.74) is 1.01. The number of hydrogen-bond donors (Lipinski definition) is 2. The van der Waals surface area contributed by atoms with E-state index in [9.17, 15) is 18.0 Å². The van der Waals surface area contributed by atoms with E-state index >= 15 is 0 Å². The first-order chi connectivity index (χ1) is 16.7. The lowest BCUT2D eigenvalue weighted by molar-refractivity contribution is -0.122. The molecule has 1 saturated heterocycles. The molecule has 8 nitrogen and oxygen atoms in total. The summed E-state index contributed by atoms with van der Waals surface area (Å²) in [6, 6.07) is 22.1. The van der Waals surface area contributed by atoms with Gasteiger partial charge in [-0.3, -0.25) is 19.8 Å². The van der Waals surface area contributed by atoms with Crippen LogP contribution < -0.4 is 15.4 Å². The van der Waals surface area contributed by atoms with E-state index in [1.807, 2.05) is 36.4 Å². The summed E-state index contributed by atoms with van der Waals surface area (Å²) in [6.45, 7) is 0. The molecule has 0 spiro atoms. The van der Waals surface area contributed by atoms with Crippen LogP contribution in [0.25, 0.3) is 28.2 Å². The van der Waals surface area contributed by atoms with Gasteiger partial charge in [-0.2, -0.15) is 0 Å². The molecule has 0 radical (unpaired) electrons. The van der Waals surface area contributed by atoms with Crippen LogP contribution >= 0.6 is 12.2 Å². The van der Waals surface area contributed by atoms with Crippen LogP contribution in [0.2, 0.25) is 0 Å². The zero-order valence-corrected chi connectivity index (χ0v) is 19.6. The van der Waals surface area contributed by atoms with Gasteiger partial charge >= 0.3 is 0 Å². The second-order valence-electron chi connectivity index (χ2n) is 7.73. The highest BCUT2D eigenvalue weighted by molar-refractivity contribution is 7.89. The smallest absolute Gasteiger partial charge is 0.270 e. The summed E-state index contributed by atoms with van der Waals surface area (Å²) in [6.07, 6.45) is 1.35. The van der Waals surface area contributed by atoms with Crippen molar-refractivity contribution >= 4 is 61.7 Å². The van der Waals surface area contributed by atoms with Gasteiger partial charge in [-0.15, -0.1) is 0 Å². The Morgan fingerprint density at radius 1 is 0.914 bits per heavy atom. The minimum Gasteiger partial charge on any atom is -0.457 e. The predicted molar refractivity (Wildman–Crippen MR) is 136 cm³/mol. The lowest BCUT2D eigenvalue weighted by Crippen LogP contribution is -2.54. The fourth-order valence-electron chi connectivity index (χ4n) is 3.82. The summed E-state index contributed by atoms with van der Waals surface area (Å²) in [4.78, 5) is 27.3. The van der Waals surface area contributed by atoms with Gasteiger partial charge in [-0.1, -0.05) is 36.4 Å². The van der Waals surface area contributed by atoms with E-state index in [1.54, 1.807) is 30.3 Å². The summed E-state index contributed by atoms with van der Waals surface area (Å²) in [5.74, 6) is -0.528. The number of furan rings is 1. The normalized spacial score (nSPS) is 15.6. The second kappa shape index (κ2) is 8.58. The maximum absolute atomic E-state index is 13.4. The number of fused-ring (bicyclic) bond motifs is 1. The van der Waals surface area contributed by atoms with Crippen LogP contribution in [0.5, 0.6) is 0 Å². The first-order valence-corrected chi connectivity index (χ1v) is 12.3. The molecular formula is C25H17N3O5S2. The molecule has 5 rings (SSSR count). The van der Waals surface area contributed by atoms with Crippen LogP contribution in [0.3, 0.4) is 0 Å². The van der Waals surface area contributed by atoms with Crippen molar-refractivity contribution in [2.24, 2.45) is 5.14 Å². The van der Waals surface area contributed by atoms with Gasteiger partial charge in [0.25, 0.3) is 11.8 Å². The van der Waals surface area contributed by atoms with Gasteiger partial charge in [0.2, 0.25) is 10.0 Å². The van der Waals surface area contributed by atoms with E-state index in [0.717, 1.165) is 10.8 Å². The van der Waals surface area contributed by atoms with Crippen LogP contribution in [0, 0.1) is 0 Å². The number of nitrogens with zero attached hydrogens (tertiary/aromatic N) is 1. The van der Waals surface area contributed by atoms with Crippen molar-refractivity contribution in [1.29, 1.82) is 0 Å². The Labute approximate surface area is 205 Å².